The van der Waals surface area contributed by atoms with E-state index in [0.29, 0.717) is 6.42 Å². The second kappa shape index (κ2) is 7.30. The van der Waals surface area contributed by atoms with E-state index in [1.165, 1.54) is 17.0 Å². The Bertz CT molecular complexity index is 706. The fourth-order valence-electron chi connectivity index (χ4n) is 3.05. The summed E-state index contributed by atoms with van der Waals surface area (Å²) in [5.41, 5.74) is 2.06. The van der Waals surface area contributed by atoms with Crippen LogP contribution >= 0.6 is 11.3 Å². The molecule has 0 unspecified atom stereocenters. The third-order valence-electron chi connectivity index (χ3n) is 4.39. The number of hydrogen-bond acceptors (Lipinski definition) is 4. The summed E-state index contributed by atoms with van der Waals surface area (Å²) in [6.45, 7) is 7.02. The summed E-state index contributed by atoms with van der Waals surface area (Å²) in [6, 6.07) is 6.54. The Morgan fingerprint density at radius 3 is 2.42 bits per heavy atom. The van der Waals surface area contributed by atoms with Crippen LogP contribution in [0.3, 0.4) is 0 Å². The fourth-order valence-corrected chi connectivity index (χ4v) is 3.99. The summed E-state index contributed by atoms with van der Waals surface area (Å²) in [5, 5.41) is 1.06. The molecule has 2 aromatic rings. The van der Waals surface area contributed by atoms with Crippen molar-refractivity contribution in [3.8, 4) is 0 Å². The van der Waals surface area contributed by atoms with E-state index >= 15 is 0 Å². The molecule has 24 heavy (non-hydrogen) atoms. The first-order chi connectivity index (χ1) is 11.5. The molecule has 1 saturated heterocycles. The Balaban J connectivity index is 1.50. The minimum absolute atomic E-state index is 0.208. The number of anilines is 1. The summed E-state index contributed by atoms with van der Waals surface area (Å²) >= 11 is 1.68. The van der Waals surface area contributed by atoms with E-state index < -0.39 is 0 Å². The molecule has 0 bridgehead atoms. The summed E-state index contributed by atoms with van der Waals surface area (Å²) in [4.78, 5) is 22.2. The van der Waals surface area contributed by atoms with Crippen LogP contribution in [-0.2, 0) is 11.2 Å². The summed E-state index contributed by atoms with van der Waals surface area (Å²) in [5.74, 6) is -0.0135. The van der Waals surface area contributed by atoms with Gasteiger partial charge in [-0.2, -0.15) is 0 Å². The Morgan fingerprint density at radius 1 is 1.17 bits per heavy atom. The molecular formula is C18H22FN3OS. The van der Waals surface area contributed by atoms with E-state index in [-0.39, 0.29) is 11.7 Å². The maximum absolute atomic E-state index is 13.0. The summed E-state index contributed by atoms with van der Waals surface area (Å²) in [7, 11) is 0. The van der Waals surface area contributed by atoms with Crippen molar-refractivity contribution < 1.29 is 9.18 Å². The first-order valence-corrected chi connectivity index (χ1v) is 9.06. The lowest BCUT2D eigenvalue weighted by Gasteiger charge is -2.36. The van der Waals surface area contributed by atoms with Crippen LogP contribution < -0.4 is 4.90 Å². The van der Waals surface area contributed by atoms with E-state index in [4.69, 9.17) is 0 Å². The smallest absolute Gasteiger partial charge is 0.223 e. The number of nitrogens with zero attached hydrogens (tertiary/aromatic N) is 3. The molecule has 128 valence electrons. The third kappa shape index (κ3) is 3.93. The van der Waals surface area contributed by atoms with Crippen molar-refractivity contribution in [3.05, 3.63) is 45.7 Å². The van der Waals surface area contributed by atoms with Gasteiger partial charge < -0.3 is 9.80 Å². The van der Waals surface area contributed by atoms with Crippen molar-refractivity contribution in [1.82, 2.24) is 9.88 Å². The van der Waals surface area contributed by atoms with Crippen molar-refractivity contribution in [2.75, 3.05) is 31.1 Å². The number of hydrogen-bond donors (Lipinski definition) is 0. The molecule has 1 aliphatic rings. The van der Waals surface area contributed by atoms with Crippen molar-refractivity contribution in [3.63, 3.8) is 0 Å². The minimum atomic E-state index is -0.221. The van der Waals surface area contributed by atoms with E-state index in [1.54, 1.807) is 23.5 Å². The number of halogens is 1. The molecule has 1 fully saturated rings. The van der Waals surface area contributed by atoms with Crippen LogP contribution in [-0.4, -0.2) is 42.0 Å². The van der Waals surface area contributed by atoms with Crippen LogP contribution in [0, 0.1) is 19.7 Å². The molecule has 1 amide bonds. The maximum atomic E-state index is 13.0. The van der Waals surface area contributed by atoms with E-state index in [2.05, 4.69) is 9.88 Å². The Morgan fingerprint density at radius 2 is 1.83 bits per heavy atom. The number of rotatable bonds is 4. The zero-order chi connectivity index (χ0) is 17.1. The van der Waals surface area contributed by atoms with Crippen molar-refractivity contribution >= 4 is 22.9 Å². The zero-order valence-corrected chi connectivity index (χ0v) is 14.9. The second-order valence-electron chi connectivity index (χ2n) is 6.09. The standard InChI is InChI=1S/C18H22FN3OS/c1-13-17(24-14(2)20-13)7-8-18(23)22-11-9-21(10-12-22)16-5-3-15(19)4-6-16/h3-6H,7-12H2,1-2H3. The van der Waals surface area contributed by atoms with E-state index in [1.807, 2.05) is 18.7 Å². The number of piperazine rings is 1. The average Bonchev–Trinajstić information content (AvgIpc) is 2.91. The van der Waals surface area contributed by atoms with Gasteiger partial charge in [-0.25, -0.2) is 9.37 Å². The number of aromatic nitrogens is 1. The normalized spacial score (nSPS) is 15.0. The van der Waals surface area contributed by atoms with Gasteiger partial charge in [0.1, 0.15) is 5.82 Å². The third-order valence-corrected chi connectivity index (χ3v) is 5.52. The number of carbonyl (C=O) groups excluding carboxylic acids is 1. The van der Waals surface area contributed by atoms with E-state index in [0.717, 1.165) is 49.0 Å². The molecule has 1 aromatic heterocycles. The highest BCUT2D eigenvalue weighted by Crippen LogP contribution is 2.20. The van der Waals surface area contributed by atoms with Gasteiger partial charge in [0, 0.05) is 43.2 Å². The molecule has 0 radical (unpaired) electrons. The van der Waals surface area contributed by atoms with Gasteiger partial charge in [0.15, 0.2) is 0 Å². The van der Waals surface area contributed by atoms with Gasteiger partial charge in [-0.3, -0.25) is 4.79 Å². The Hall–Kier alpha value is -1.95. The van der Waals surface area contributed by atoms with Crippen molar-refractivity contribution in [2.45, 2.75) is 26.7 Å². The Labute approximate surface area is 145 Å². The molecule has 1 aliphatic heterocycles. The van der Waals surface area contributed by atoms with Crippen LogP contribution in [0.5, 0.6) is 0 Å². The highest BCUT2D eigenvalue weighted by atomic mass is 32.1. The number of benzene rings is 1. The van der Waals surface area contributed by atoms with E-state index in [9.17, 15) is 9.18 Å². The van der Waals surface area contributed by atoms with Gasteiger partial charge in [-0.05, 0) is 44.5 Å². The zero-order valence-electron chi connectivity index (χ0n) is 14.1. The predicted octanol–water partition coefficient (Wildman–Crippen LogP) is 3.18. The van der Waals surface area contributed by atoms with Gasteiger partial charge in [0.2, 0.25) is 5.91 Å². The predicted molar refractivity (Wildman–Crippen MR) is 95.1 cm³/mol. The number of carbonyl (C=O) groups is 1. The van der Waals surface area contributed by atoms with Crippen molar-refractivity contribution in [1.29, 1.82) is 0 Å². The minimum Gasteiger partial charge on any atom is -0.368 e. The molecule has 0 aliphatic carbocycles. The number of amides is 1. The lowest BCUT2D eigenvalue weighted by atomic mass is 10.2. The second-order valence-corrected chi connectivity index (χ2v) is 7.37. The first-order valence-electron chi connectivity index (χ1n) is 8.24. The SMILES string of the molecule is Cc1nc(C)c(CCC(=O)N2CCN(c3ccc(F)cc3)CC2)s1. The average molecular weight is 347 g/mol. The molecule has 4 nitrogen and oxygen atoms in total. The van der Waals surface area contributed by atoms with Gasteiger partial charge in [0.05, 0.1) is 10.7 Å². The molecule has 0 saturated carbocycles. The van der Waals surface area contributed by atoms with Crippen LogP contribution in [0.25, 0.3) is 0 Å². The molecule has 1 aromatic carbocycles. The Kier molecular flexibility index (Phi) is 5.14. The number of aryl methyl sites for hydroxylation is 3. The fraction of sp³-hybridized carbons (Fsp3) is 0.444. The molecule has 0 atom stereocenters. The summed E-state index contributed by atoms with van der Waals surface area (Å²) in [6.07, 6.45) is 1.31. The van der Waals surface area contributed by atoms with Crippen LogP contribution in [0.2, 0.25) is 0 Å². The molecule has 0 spiro atoms. The molecule has 0 N–H and O–H groups in total. The topological polar surface area (TPSA) is 36.4 Å². The highest BCUT2D eigenvalue weighted by molar-refractivity contribution is 7.11. The van der Waals surface area contributed by atoms with Gasteiger partial charge in [0.25, 0.3) is 0 Å². The maximum Gasteiger partial charge on any atom is 0.223 e. The van der Waals surface area contributed by atoms with Crippen LogP contribution in [0.15, 0.2) is 24.3 Å². The highest BCUT2D eigenvalue weighted by Gasteiger charge is 2.21. The number of thiazole rings is 1. The van der Waals surface area contributed by atoms with Crippen molar-refractivity contribution in [2.24, 2.45) is 0 Å². The quantitative estimate of drug-likeness (QED) is 0.852. The van der Waals surface area contributed by atoms with Gasteiger partial charge >= 0.3 is 0 Å². The molecule has 3 rings (SSSR count). The monoisotopic (exact) mass is 347 g/mol. The summed E-state index contributed by atoms with van der Waals surface area (Å²) < 4.78 is 13.0. The van der Waals surface area contributed by atoms with Crippen LogP contribution in [0.1, 0.15) is 22.0 Å². The van der Waals surface area contributed by atoms with Gasteiger partial charge in [-0.15, -0.1) is 11.3 Å². The molecule has 6 heteroatoms. The van der Waals surface area contributed by atoms with Crippen LogP contribution in [0.4, 0.5) is 10.1 Å². The first kappa shape index (κ1) is 16.9. The molecular weight excluding hydrogens is 325 g/mol. The van der Waals surface area contributed by atoms with Gasteiger partial charge in [-0.1, -0.05) is 0 Å². The molecule has 2 heterocycles. The lowest BCUT2D eigenvalue weighted by molar-refractivity contribution is -0.131. The largest absolute Gasteiger partial charge is 0.368 e. The lowest BCUT2D eigenvalue weighted by Crippen LogP contribution is -2.48.